The van der Waals surface area contributed by atoms with Crippen molar-refractivity contribution >= 4 is 29.5 Å². The molecule has 1 saturated carbocycles. The summed E-state index contributed by atoms with van der Waals surface area (Å²) in [7, 11) is 0. The summed E-state index contributed by atoms with van der Waals surface area (Å²) in [5, 5.41) is 5.53. The van der Waals surface area contributed by atoms with Crippen LogP contribution in [0.1, 0.15) is 68.8 Å². The molecule has 1 fully saturated rings. The number of ether oxygens (including phenoxy) is 1. The molecule has 0 aliphatic heterocycles. The number of nitrogens with two attached hydrogens (primary N) is 1. The number of anilines is 1. The third kappa shape index (κ3) is 7.59. The molecule has 4 atom stereocenters. The summed E-state index contributed by atoms with van der Waals surface area (Å²) in [6, 6.07) is 10.5. The van der Waals surface area contributed by atoms with Gasteiger partial charge >= 0.3 is 6.09 Å². The Morgan fingerprint density at radius 1 is 1.03 bits per heavy atom. The maximum atomic E-state index is 14.2. The Hall–Kier alpha value is -3.88. The first kappa shape index (κ1) is 29.7. The van der Waals surface area contributed by atoms with Crippen molar-refractivity contribution in [1.82, 2.24) is 10.2 Å². The van der Waals surface area contributed by atoms with Crippen LogP contribution in [0.4, 0.5) is 10.5 Å². The molecule has 3 rings (SSSR count). The van der Waals surface area contributed by atoms with Crippen molar-refractivity contribution in [2.45, 2.75) is 85.0 Å². The molecule has 9 nitrogen and oxygen atoms in total. The molecular weight excluding hydrogens is 496 g/mol. The Morgan fingerprint density at radius 3 is 2.21 bits per heavy atom. The van der Waals surface area contributed by atoms with E-state index in [1.165, 1.54) is 4.90 Å². The summed E-state index contributed by atoms with van der Waals surface area (Å²) in [5.74, 6) is -1.59. The van der Waals surface area contributed by atoms with Gasteiger partial charge in [-0.25, -0.2) is 4.79 Å². The zero-order chi connectivity index (χ0) is 29.1. The highest BCUT2D eigenvalue weighted by Gasteiger charge is 2.48. The quantitative estimate of drug-likeness (QED) is 0.440. The Labute approximate surface area is 230 Å². The maximum absolute atomic E-state index is 14.2. The lowest BCUT2D eigenvalue weighted by Gasteiger charge is -2.35. The predicted molar refractivity (Wildman–Crippen MR) is 150 cm³/mol. The third-order valence-corrected chi connectivity index (χ3v) is 6.94. The van der Waals surface area contributed by atoms with Crippen LogP contribution in [0.3, 0.4) is 0 Å². The second kappa shape index (κ2) is 11.9. The molecule has 210 valence electrons. The minimum absolute atomic E-state index is 0.128. The highest BCUT2D eigenvalue weighted by Crippen LogP contribution is 2.42. The standard InChI is InChI=1S/C30H40N4O5/c1-17-12-10-13-21(20(17)4)26(27(36)32-22-14-9-8-11-18(22)2)34(24-15-19(24)3)28(37)23(16-25(31)35)33-29(38)39-30(5,6)7/h8-14,19,23-24,26H,15-16H2,1-7H3,(H2,31,35)(H,32,36)(H,33,38). The number of nitrogens with one attached hydrogen (secondary N) is 2. The molecule has 9 heteroatoms. The average molecular weight is 537 g/mol. The molecule has 1 aliphatic carbocycles. The van der Waals surface area contributed by atoms with Gasteiger partial charge in [-0.3, -0.25) is 14.4 Å². The van der Waals surface area contributed by atoms with Crippen molar-refractivity contribution in [3.05, 3.63) is 64.7 Å². The second-order valence-corrected chi connectivity index (χ2v) is 11.4. The SMILES string of the molecule is Cc1ccccc1NC(=O)C(c1cccc(C)c1C)N(C(=O)C(CC(N)=O)NC(=O)OC(C)(C)C)C1CC1C. The third-order valence-electron chi connectivity index (χ3n) is 6.94. The lowest BCUT2D eigenvalue weighted by Crippen LogP contribution is -2.54. The first-order valence-corrected chi connectivity index (χ1v) is 13.2. The number of hydrogen-bond donors (Lipinski definition) is 3. The van der Waals surface area contributed by atoms with Gasteiger partial charge < -0.3 is 26.0 Å². The number of primary amides is 1. The second-order valence-electron chi connectivity index (χ2n) is 11.4. The summed E-state index contributed by atoms with van der Waals surface area (Å²) in [6.45, 7) is 12.8. The van der Waals surface area contributed by atoms with Crippen molar-refractivity contribution in [2.75, 3.05) is 5.32 Å². The van der Waals surface area contributed by atoms with Gasteiger partial charge in [0.15, 0.2) is 0 Å². The first-order chi connectivity index (χ1) is 18.2. The first-order valence-electron chi connectivity index (χ1n) is 13.2. The van der Waals surface area contributed by atoms with Crippen LogP contribution >= 0.6 is 0 Å². The highest BCUT2D eigenvalue weighted by atomic mass is 16.6. The molecule has 39 heavy (non-hydrogen) atoms. The molecule has 0 radical (unpaired) electrons. The molecule has 1 aliphatic rings. The molecule has 0 heterocycles. The van der Waals surface area contributed by atoms with Crippen LogP contribution in [0.2, 0.25) is 0 Å². The van der Waals surface area contributed by atoms with E-state index in [2.05, 4.69) is 10.6 Å². The molecule has 0 bridgehead atoms. The Bertz CT molecular complexity index is 1250. The van der Waals surface area contributed by atoms with Crippen LogP contribution < -0.4 is 16.4 Å². The number of carbonyl (C=O) groups is 4. The van der Waals surface area contributed by atoms with Crippen LogP contribution in [0.25, 0.3) is 0 Å². The molecule has 2 aromatic carbocycles. The average Bonchev–Trinajstić information content (AvgIpc) is 3.54. The van der Waals surface area contributed by atoms with Crippen LogP contribution in [-0.2, 0) is 19.1 Å². The number of amides is 4. The smallest absolute Gasteiger partial charge is 0.408 e. The minimum atomic E-state index is -1.30. The topological polar surface area (TPSA) is 131 Å². The molecule has 0 spiro atoms. The zero-order valence-electron chi connectivity index (χ0n) is 23.8. The number of rotatable bonds is 9. The number of benzene rings is 2. The maximum Gasteiger partial charge on any atom is 0.408 e. The molecule has 0 aromatic heterocycles. The van der Waals surface area contributed by atoms with E-state index in [0.717, 1.165) is 16.7 Å². The summed E-state index contributed by atoms with van der Waals surface area (Å²) in [4.78, 5) is 54.4. The predicted octanol–water partition coefficient (Wildman–Crippen LogP) is 4.30. The van der Waals surface area contributed by atoms with Gasteiger partial charge in [-0.1, -0.05) is 43.3 Å². The molecular formula is C30H40N4O5. The van der Waals surface area contributed by atoms with Gasteiger partial charge in [0.1, 0.15) is 17.7 Å². The van der Waals surface area contributed by atoms with Gasteiger partial charge in [0, 0.05) is 11.7 Å². The van der Waals surface area contributed by atoms with E-state index in [4.69, 9.17) is 10.5 Å². The van der Waals surface area contributed by atoms with Gasteiger partial charge in [-0.2, -0.15) is 0 Å². The Morgan fingerprint density at radius 2 is 1.64 bits per heavy atom. The normalized spacial score (nSPS) is 17.9. The van der Waals surface area contributed by atoms with E-state index in [9.17, 15) is 19.2 Å². The van der Waals surface area contributed by atoms with Crippen LogP contribution in [-0.4, -0.2) is 46.4 Å². The van der Waals surface area contributed by atoms with E-state index >= 15 is 0 Å². The highest BCUT2D eigenvalue weighted by molar-refractivity contribution is 6.00. The van der Waals surface area contributed by atoms with Gasteiger partial charge in [0.2, 0.25) is 11.8 Å². The Balaban J connectivity index is 2.08. The van der Waals surface area contributed by atoms with Gasteiger partial charge in [-0.05, 0) is 82.2 Å². The zero-order valence-corrected chi connectivity index (χ0v) is 23.8. The number of nitrogens with zero attached hydrogens (tertiary/aromatic N) is 1. The van der Waals surface area contributed by atoms with Crippen molar-refractivity contribution in [2.24, 2.45) is 11.7 Å². The van der Waals surface area contributed by atoms with Gasteiger partial charge in [0.25, 0.3) is 5.91 Å². The van der Waals surface area contributed by atoms with Crippen molar-refractivity contribution in [3.8, 4) is 0 Å². The number of para-hydroxylation sites is 1. The molecule has 0 saturated heterocycles. The van der Waals surface area contributed by atoms with E-state index in [0.29, 0.717) is 17.7 Å². The number of aryl methyl sites for hydroxylation is 2. The van der Waals surface area contributed by atoms with Crippen molar-refractivity contribution < 1.29 is 23.9 Å². The van der Waals surface area contributed by atoms with Crippen LogP contribution in [0.15, 0.2) is 42.5 Å². The monoisotopic (exact) mass is 536 g/mol. The molecule has 4 amide bonds. The van der Waals surface area contributed by atoms with Gasteiger partial charge in [0.05, 0.1) is 6.42 Å². The molecule has 4 N–H and O–H groups in total. The van der Waals surface area contributed by atoms with Gasteiger partial charge in [-0.15, -0.1) is 0 Å². The van der Waals surface area contributed by atoms with Crippen molar-refractivity contribution in [1.29, 1.82) is 0 Å². The molecule has 2 aromatic rings. The summed E-state index contributed by atoms with van der Waals surface area (Å²) in [6.07, 6.45) is -0.603. The summed E-state index contributed by atoms with van der Waals surface area (Å²) >= 11 is 0. The Kier molecular flexibility index (Phi) is 9.04. The fraction of sp³-hybridized carbons (Fsp3) is 0.467. The van der Waals surface area contributed by atoms with E-state index in [1.54, 1.807) is 26.8 Å². The van der Waals surface area contributed by atoms with Crippen LogP contribution in [0, 0.1) is 26.7 Å². The largest absolute Gasteiger partial charge is 0.444 e. The number of carbonyl (C=O) groups excluding carboxylic acids is 4. The molecule has 4 unspecified atom stereocenters. The van der Waals surface area contributed by atoms with E-state index in [1.807, 2.05) is 64.1 Å². The van der Waals surface area contributed by atoms with Crippen LogP contribution in [0.5, 0.6) is 0 Å². The van der Waals surface area contributed by atoms with E-state index < -0.39 is 42.0 Å². The fourth-order valence-electron chi connectivity index (χ4n) is 4.60. The fourth-order valence-corrected chi connectivity index (χ4v) is 4.60. The lowest BCUT2D eigenvalue weighted by atomic mass is 9.94. The summed E-state index contributed by atoms with van der Waals surface area (Å²) in [5.41, 5.74) is 8.69. The minimum Gasteiger partial charge on any atom is -0.444 e. The summed E-state index contributed by atoms with van der Waals surface area (Å²) < 4.78 is 5.34. The number of hydrogen-bond acceptors (Lipinski definition) is 5. The van der Waals surface area contributed by atoms with E-state index in [-0.39, 0.29) is 17.9 Å². The van der Waals surface area contributed by atoms with Crippen molar-refractivity contribution in [3.63, 3.8) is 0 Å². The number of alkyl carbamates (subject to hydrolysis) is 1. The lowest BCUT2D eigenvalue weighted by molar-refractivity contribution is -0.142.